The lowest BCUT2D eigenvalue weighted by atomic mass is 10.0. The van der Waals surface area contributed by atoms with Gasteiger partial charge < -0.3 is 11.1 Å². The van der Waals surface area contributed by atoms with Crippen molar-refractivity contribution in [2.75, 3.05) is 12.3 Å². The van der Waals surface area contributed by atoms with Crippen molar-refractivity contribution in [2.24, 2.45) is 11.8 Å². The molecule has 1 aromatic rings. The largest absolute Gasteiger partial charge is 0.398 e. The highest BCUT2D eigenvalue weighted by molar-refractivity contribution is 5.96. The minimum Gasteiger partial charge on any atom is -0.398 e. The summed E-state index contributed by atoms with van der Waals surface area (Å²) in [5.74, 6) is 1.43. The van der Waals surface area contributed by atoms with Gasteiger partial charge in [0.1, 0.15) is 0 Å². The number of nitrogen functional groups attached to an aromatic ring is 1. The number of rotatable bonds is 3. The van der Waals surface area contributed by atoms with Gasteiger partial charge in [-0.2, -0.15) is 0 Å². The van der Waals surface area contributed by atoms with Gasteiger partial charge in [0, 0.05) is 17.8 Å². The number of aryl methyl sites for hydroxylation is 2. The van der Waals surface area contributed by atoms with Crippen LogP contribution in [0.2, 0.25) is 0 Å². The van der Waals surface area contributed by atoms with Gasteiger partial charge in [-0.1, -0.05) is 13.0 Å². The lowest BCUT2D eigenvalue weighted by Crippen LogP contribution is -2.26. The van der Waals surface area contributed by atoms with Crippen molar-refractivity contribution in [3.63, 3.8) is 0 Å². The number of carbonyl (C=O) groups is 1. The summed E-state index contributed by atoms with van der Waals surface area (Å²) in [6.45, 7) is 6.90. The molecule has 1 aliphatic carbocycles. The van der Waals surface area contributed by atoms with Crippen LogP contribution in [0.15, 0.2) is 12.1 Å². The minimum atomic E-state index is -0.00620. The summed E-state index contributed by atoms with van der Waals surface area (Å²) < 4.78 is 0. The number of hydrogen-bond donors (Lipinski definition) is 2. The Morgan fingerprint density at radius 1 is 1.41 bits per heavy atom. The van der Waals surface area contributed by atoms with Crippen molar-refractivity contribution in [3.05, 3.63) is 28.8 Å². The van der Waals surface area contributed by atoms with Gasteiger partial charge in [-0.3, -0.25) is 4.79 Å². The number of nitrogens with two attached hydrogens (primary N) is 1. The van der Waals surface area contributed by atoms with Gasteiger partial charge in [0.15, 0.2) is 0 Å². The van der Waals surface area contributed by atoms with Crippen LogP contribution >= 0.6 is 0 Å². The summed E-state index contributed by atoms with van der Waals surface area (Å²) in [6.07, 6.45) is 1.23. The van der Waals surface area contributed by atoms with Crippen LogP contribution in [0.5, 0.6) is 0 Å². The average Bonchev–Trinajstić information content (AvgIpc) is 2.96. The molecule has 1 fully saturated rings. The molecule has 0 aliphatic heterocycles. The van der Waals surface area contributed by atoms with E-state index < -0.39 is 0 Å². The molecular weight excluding hydrogens is 212 g/mol. The van der Waals surface area contributed by atoms with Crippen LogP contribution in [-0.2, 0) is 0 Å². The zero-order valence-electron chi connectivity index (χ0n) is 10.7. The Bertz CT molecular complexity index is 454. The number of benzene rings is 1. The van der Waals surface area contributed by atoms with Crippen LogP contribution in [0.4, 0.5) is 5.69 Å². The molecule has 17 heavy (non-hydrogen) atoms. The van der Waals surface area contributed by atoms with Crippen molar-refractivity contribution in [3.8, 4) is 0 Å². The molecule has 0 aromatic heterocycles. The zero-order valence-corrected chi connectivity index (χ0v) is 10.7. The third-order valence-electron chi connectivity index (χ3n) is 3.66. The lowest BCUT2D eigenvalue weighted by Gasteiger charge is -2.10. The summed E-state index contributed by atoms with van der Waals surface area (Å²) in [5.41, 5.74) is 9.22. The van der Waals surface area contributed by atoms with E-state index >= 15 is 0 Å². The average molecular weight is 232 g/mol. The van der Waals surface area contributed by atoms with Crippen molar-refractivity contribution in [1.29, 1.82) is 0 Å². The topological polar surface area (TPSA) is 55.1 Å². The number of hydrogen-bond acceptors (Lipinski definition) is 2. The number of amides is 1. The molecule has 0 spiro atoms. The summed E-state index contributed by atoms with van der Waals surface area (Å²) in [5, 5.41) is 2.98. The van der Waals surface area contributed by atoms with Crippen LogP contribution in [0.3, 0.4) is 0 Å². The van der Waals surface area contributed by atoms with Crippen LogP contribution < -0.4 is 11.1 Å². The van der Waals surface area contributed by atoms with Crippen molar-refractivity contribution in [2.45, 2.75) is 27.2 Å². The summed E-state index contributed by atoms with van der Waals surface area (Å²) in [6, 6.07) is 3.74. The highest BCUT2D eigenvalue weighted by atomic mass is 16.1. The second-order valence-corrected chi connectivity index (χ2v) is 5.21. The molecule has 2 atom stereocenters. The Morgan fingerprint density at radius 2 is 2.06 bits per heavy atom. The summed E-state index contributed by atoms with van der Waals surface area (Å²) >= 11 is 0. The van der Waals surface area contributed by atoms with E-state index in [9.17, 15) is 4.79 Å². The molecule has 0 heterocycles. The highest BCUT2D eigenvalue weighted by Crippen LogP contribution is 2.36. The van der Waals surface area contributed by atoms with Gasteiger partial charge in [0.2, 0.25) is 0 Å². The van der Waals surface area contributed by atoms with Crippen molar-refractivity contribution in [1.82, 2.24) is 5.32 Å². The zero-order chi connectivity index (χ0) is 12.6. The highest BCUT2D eigenvalue weighted by Gasteiger charge is 2.32. The van der Waals surface area contributed by atoms with Crippen LogP contribution in [0, 0.1) is 25.7 Å². The van der Waals surface area contributed by atoms with Gasteiger partial charge in [-0.05, 0) is 49.3 Å². The van der Waals surface area contributed by atoms with E-state index in [-0.39, 0.29) is 5.91 Å². The molecule has 3 heteroatoms. The van der Waals surface area contributed by atoms with E-state index in [2.05, 4.69) is 12.2 Å². The quantitative estimate of drug-likeness (QED) is 0.785. The molecule has 0 radical (unpaired) electrons. The van der Waals surface area contributed by atoms with E-state index in [1.807, 2.05) is 19.9 Å². The summed E-state index contributed by atoms with van der Waals surface area (Å²) in [4.78, 5) is 12.0. The monoisotopic (exact) mass is 232 g/mol. The molecule has 1 amide bonds. The maximum atomic E-state index is 12.0. The maximum Gasteiger partial charge on any atom is 0.251 e. The van der Waals surface area contributed by atoms with Crippen molar-refractivity contribution >= 4 is 11.6 Å². The van der Waals surface area contributed by atoms with Gasteiger partial charge in [-0.15, -0.1) is 0 Å². The Balaban J connectivity index is 2.05. The van der Waals surface area contributed by atoms with Gasteiger partial charge >= 0.3 is 0 Å². The Kier molecular flexibility index (Phi) is 3.09. The molecule has 3 N–H and O–H groups in total. The maximum absolute atomic E-state index is 12.0. The first kappa shape index (κ1) is 12.0. The van der Waals surface area contributed by atoms with Gasteiger partial charge in [-0.25, -0.2) is 0 Å². The van der Waals surface area contributed by atoms with E-state index in [1.54, 1.807) is 6.07 Å². The van der Waals surface area contributed by atoms with Crippen molar-refractivity contribution < 1.29 is 4.79 Å². The fourth-order valence-corrected chi connectivity index (χ4v) is 2.12. The molecular formula is C14H20N2O. The normalized spacial score (nSPS) is 22.3. The molecule has 2 unspecified atom stereocenters. The van der Waals surface area contributed by atoms with E-state index in [0.717, 1.165) is 23.6 Å². The first-order valence-corrected chi connectivity index (χ1v) is 6.14. The van der Waals surface area contributed by atoms with Gasteiger partial charge in [0.25, 0.3) is 5.91 Å². The third kappa shape index (κ3) is 2.60. The lowest BCUT2D eigenvalue weighted by molar-refractivity contribution is 0.0951. The Morgan fingerprint density at radius 3 is 2.65 bits per heavy atom. The molecule has 0 bridgehead atoms. The Hall–Kier alpha value is -1.51. The fourth-order valence-electron chi connectivity index (χ4n) is 2.12. The van der Waals surface area contributed by atoms with Crippen LogP contribution in [0.1, 0.15) is 34.8 Å². The molecule has 92 valence electrons. The van der Waals surface area contributed by atoms with E-state index in [1.165, 1.54) is 6.42 Å². The molecule has 2 rings (SSSR count). The molecule has 0 saturated heterocycles. The predicted molar refractivity (Wildman–Crippen MR) is 69.9 cm³/mol. The summed E-state index contributed by atoms with van der Waals surface area (Å²) in [7, 11) is 0. The molecule has 1 saturated carbocycles. The second kappa shape index (κ2) is 4.40. The standard InChI is InChI=1S/C14H20N2O/c1-8-5-11(8)7-16-14(17)12-6-13(15)10(3)4-9(12)2/h4,6,8,11H,5,7,15H2,1-3H3,(H,16,17). The molecule has 1 aromatic carbocycles. The molecule has 1 aliphatic rings. The number of anilines is 1. The first-order chi connectivity index (χ1) is 7.99. The first-order valence-electron chi connectivity index (χ1n) is 6.14. The predicted octanol–water partition coefficient (Wildman–Crippen LogP) is 2.27. The Labute approximate surface area is 102 Å². The van der Waals surface area contributed by atoms with Gasteiger partial charge in [0.05, 0.1) is 0 Å². The number of carbonyl (C=O) groups excluding carboxylic acids is 1. The SMILES string of the molecule is Cc1cc(C)c(C(=O)NCC2CC2C)cc1N. The van der Waals surface area contributed by atoms with Crippen LogP contribution in [0.25, 0.3) is 0 Å². The van der Waals surface area contributed by atoms with Crippen LogP contribution in [-0.4, -0.2) is 12.5 Å². The number of nitrogens with one attached hydrogen (secondary N) is 1. The second-order valence-electron chi connectivity index (χ2n) is 5.21. The fraction of sp³-hybridized carbons (Fsp3) is 0.500. The minimum absolute atomic E-state index is 0.00620. The van der Waals surface area contributed by atoms with E-state index in [0.29, 0.717) is 17.2 Å². The third-order valence-corrected chi connectivity index (χ3v) is 3.66. The smallest absolute Gasteiger partial charge is 0.251 e. The van der Waals surface area contributed by atoms with E-state index in [4.69, 9.17) is 5.73 Å². The molecule has 3 nitrogen and oxygen atoms in total.